The topological polar surface area (TPSA) is 49.3 Å². The van der Waals surface area contributed by atoms with Crippen molar-refractivity contribution < 1.29 is 9.90 Å². The zero-order valence-corrected chi connectivity index (χ0v) is 12.2. The van der Waals surface area contributed by atoms with Gasteiger partial charge in [0.05, 0.1) is 18.6 Å². The second-order valence-electron chi connectivity index (χ2n) is 5.05. The van der Waals surface area contributed by atoms with Crippen LogP contribution in [0.5, 0.6) is 0 Å². The van der Waals surface area contributed by atoms with E-state index in [2.05, 4.69) is 5.32 Å². The van der Waals surface area contributed by atoms with Crippen LogP contribution in [0.25, 0.3) is 0 Å². The van der Waals surface area contributed by atoms with E-state index in [9.17, 15) is 9.90 Å². The summed E-state index contributed by atoms with van der Waals surface area (Å²) in [4.78, 5) is 12.7. The highest BCUT2D eigenvalue weighted by molar-refractivity contribution is 5.87. The van der Waals surface area contributed by atoms with Crippen molar-refractivity contribution in [2.75, 3.05) is 6.61 Å². The van der Waals surface area contributed by atoms with Crippen LogP contribution in [0.2, 0.25) is 0 Å². The van der Waals surface area contributed by atoms with Crippen LogP contribution in [-0.4, -0.2) is 23.7 Å². The SMILES string of the molecule is CC[C@H](CO)NC(=O)C(c1ccccc1)c1ccccc1. The molecular weight excluding hydrogens is 262 g/mol. The Kier molecular flexibility index (Phi) is 5.52. The minimum absolute atomic E-state index is 0.0431. The van der Waals surface area contributed by atoms with E-state index in [-0.39, 0.29) is 24.5 Å². The molecule has 21 heavy (non-hydrogen) atoms. The molecule has 3 heteroatoms. The first kappa shape index (κ1) is 15.3. The maximum atomic E-state index is 12.7. The van der Waals surface area contributed by atoms with Gasteiger partial charge in [0.25, 0.3) is 0 Å². The smallest absolute Gasteiger partial charge is 0.232 e. The average molecular weight is 283 g/mol. The van der Waals surface area contributed by atoms with Crippen molar-refractivity contribution in [2.45, 2.75) is 25.3 Å². The lowest BCUT2D eigenvalue weighted by Gasteiger charge is -2.21. The van der Waals surface area contributed by atoms with E-state index in [0.717, 1.165) is 11.1 Å². The summed E-state index contributed by atoms with van der Waals surface area (Å²) in [7, 11) is 0. The maximum Gasteiger partial charge on any atom is 0.232 e. The highest BCUT2D eigenvalue weighted by atomic mass is 16.3. The lowest BCUT2D eigenvalue weighted by atomic mass is 9.90. The Bertz CT molecular complexity index is 510. The molecule has 2 aromatic rings. The van der Waals surface area contributed by atoms with Gasteiger partial charge in [0.1, 0.15) is 0 Å². The van der Waals surface area contributed by atoms with E-state index in [1.54, 1.807) is 0 Å². The Morgan fingerprint density at radius 3 is 1.86 bits per heavy atom. The highest BCUT2D eigenvalue weighted by Gasteiger charge is 2.23. The van der Waals surface area contributed by atoms with Gasteiger partial charge < -0.3 is 10.4 Å². The molecule has 0 bridgehead atoms. The second-order valence-corrected chi connectivity index (χ2v) is 5.05. The number of hydrogen-bond donors (Lipinski definition) is 2. The van der Waals surface area contributed by atoms with Crippen LogP contribution in [0, 0.1) is 0 Å². The summed E-state index contributed by atoms with van der Waals surface area (Å²) in [5.74, 6) is -0.429. The number of rotatable bonds is 6. The summed E-state index contributed by atoms with van der Waals surface area (Å²) in [5, 5.41) is 12.2. The molecule has 0 unspecified atom stereocenters. The van der Waals surface area contributed by atoms with Crippen LogP contribution in [0.4, 0.5) is 0 Å². The maximum absolute atomic E-state index is 12.7. The Morgan fingerprint density at radius 2 is 1.48 bits per heavy atom. The molecule has 1 atom stereocenters. The number of carbonyl (C=O) groups is 1. The molecule has 0 heterocycles. The predicted octanol–water partition coefficient (Wildman–Crippen LogP) is 2.71. The minimum Gasteiger partial charge on any atom is -0.394 e. The molecule has 0 saturated heterocycles. The third-order valence-electron chi connectivity index (χ3n) is 3.59. The molecule has 0 aliphatic carbocycles. The van der Waals surface area contributed by atoms with Gasteiger partial charge in [0.2, 0.25) is 5.91 Å². The molecule has 0 spiro atoms. The molecule has 0 radical (unpaired) electrons. The summed E-state index contributed by atoms with van der Waals surface area (Å²) in [5.41, 5.74) is 1.91. The Morgan fingerprint density at radius 1 is 1.00 bits per heavy atom. The largest absolute Gasteiger partial charge is 0.394 e. The van der Waals surface area contributed by atoms with Crippen LogP contribution in [0.15, 0.2) is 60.7 Å². The van der Waals surface area contributed by atoms with Crippen molar-refractivity contribution in [3.05, 3.63) is 71.8 Å². The van der Waals surface area contributed by atoms with Gasteiger partial charge in [-0.3, -0.25) is 4.79 Å². The van der Waals surface area contributed by atoms with Crippen LogP contribution in [-0.2, 0) is 4.79 Å². The van der Waals surface area contributed by atoms with Gasteiger partial charge in [-0.25, -0.2) is 0 Å². The summed E-state index contributed by atoms with van der Waals surface area (Å²) in [6.45, 7) is 1.90. The monoisotopic (exact) mass is 283 g/mol. The fourth-order valence-electron chi connectivity index (χ4n) is 2.35. The van der Waals surface area contributed by atoms with Crippen molar-refractivity contribution >= 4 is 5.91 Å². The fourth-order valence-corrected chi connectivity index (χ4v) is 2.35. The van der Waals surface area contributed by atoms with Gasteiger partial charge in [0.15, 0.2) is 0 Å². The molecule has 0 aliphatic rings. The van der Waals surface area contributed by atoms with Crippen LogP contribution in [0.3, 0.4) is 0 Å². The summed E-state index contributed by atoms with van der Waals surface area (Å²) in [6.07, 6.45) is 0.707. The Labute approximate surface area is 125 Å². The normalized spacial score (nSPS) is 12.1. The number of benzene rings is 2. The predicted molar refractivity (Wildman–Crippen MR) is 84.0 cm³/mol. The van der Waals surface area contributed by atoms with Crippen molar-refractivity contribution in [3.63, 3.8) is 0 Å². The minimum atomic E-state index is -0.354. The number of hydrogen-bond acceptors (Lipinski definition) is 2. The third kappa shape index (κ3) is 3.92. The Hall–Kier alpha value is -2.13. The molecule has 1 amide bonds. The standard InChI is InChI=1S/C18H21NO2/c1-2-16(13-20)19-18(21)17(14-9-5-3-6-10-14)15-11-7-4-8-12-15/h3-12,16-17,20H,2,13H2,1H3,(H,19,21)/t16-/m1/s1. The number of amides is 1. The lowest BCUT2D eigenvalue weighted by Crippen LogP contribution is -2.40. The second kappa shape index (κ2) is 7.60. The first-order valence-electron chi connectivity index (χ1n) is 7.27. The van der Waals surface area contributed by atoms with Crippen molar-refractivity contribution in [1.29, 1.82) is 0 Å². The fraction of sp³-hybridized carbons (Fsp3) is 0.278. The summed E-state index contributed by atoms with van der Waals surface area (Å²) >= 11 is 0. The van der Waals surface area contributed by atoms with Crippen LogP contribution in [0.1, 0.15) is 30.4 Å². The van der Waals surface area contributed by atoms with Gasteiger partial charge in [-0.15, -0.1) is 0 Å². The van der Waals surface area contributed by atoms with Gasteiger partial charge in [-0.2, -0.15) is 0 Å². The van der Waals surface area contributed by atoms with Crippen molar-refractivity contribution in [3.8, 4) is 0 Å². The van der Waals surface area contributed by atoms with Crippen molar-refractivity contribution in [1.82, 2.24) is 5.32 Å². The number of nitrogens with one attached hydrogen (secondary N) is 1. The molecule has 2 N–H and O–H groups in total. The molecule has 2 rings (SSSR count). The molecule has 0 aliphatic heterocycles. The Balaban J connectivity index is 2.31. The molecule has 0 fully saturated rings. The zero-order chi connectivity index (χ0) is 15.1. The molecule has 0 saturated carbocycles. The number of aliphatic hydroxyl groups is 1. The van der Waals surface area contributed by atoms with Gasteiger partial charge in [0, 0.05) is 0 Å². The van der Waals surface area contributed by atoms with E-state index in [1.165, 1.54) is 0 Å². The molecule has 0 aromatic heterocycles. The van der Waals surface area contributed by atoms with E-state index >= 15 is 0 Å². The molecular formula is C18H21NO2. The van der Waals surface area contributed by atoms with Crippen LogP contribution >= 0.6 is 0 Å². The van der Waals surface area contributed by atoms with Crippen molar-refractivity contribution in [2.24, 2.45) is 0 Å². The zero-order valence-electron chi connectivity index (χ0n) is 12.2. The first-order chi connectivity index (χ1) is 10.3. The van der Waals surface area contributed by atoms with E-state index in [0.29, 0.717) is 6.42 Å². The van der Waals surface area contributed by atoms with Gasteiger partial charge in [-0.1, -0.05) is 67.6 Å². The van der Waals surface area contributed by atoms with Gasteiger partial charge >= 0.3 is 0 Å². The highest BCUT2D eigenvalue weighted by Crippen LogP contribution is 2.24. The lowest BCUT2D eigenvalue weighted by molar-refractivity contribution is -0.122. The number of aliphatic hydroxyl groups excluding tert-OH is 1. The summed E-state index contributed by atoms with van der Waals surface area (Å²) < 4.78 is 0. The summed E-state index contributed by atoms with van der Waals surface area (Å²) in [6, 6.07) is 19.2. The van der Waals surface area contributed by atoms with Crippen LogP contribution < -0.4 is 5.32 Å². The number of carbonyl (C=O) groups excluding carboxylic acids is 1. The van der Waals surface area contributed by atoms with E-state index in [1.807, 2.05) is 67.6 Å². The first-order valence-corrected chi connectivity index (χ1v) is 7.27. The van der Waals surface area contributed by atoms with E-state index in [4.69, 9.17) is 0 Å². The van der Waals surface area contributed by atoms with Gasteiger partial charge in [-0.05, 0) is 17.5 Å². The van der Waals surface area contributed by atoms with E-state index < -0.39 is 0 Å². The average Bonchev–Trinajstić information content (AvgIpc) is 2.55. The molecule has 110 valence electrons. The molecule has 3 nitrogen and oxygen atoms in total. The quantitative estimate of drug-likeness (QED) is 0.856. The third-order valence-corrected chi connectivity index (χ3v) is 3.59. The molecule has 2 aromatic carbocycles.